The van der Waals surface area contributed by atoms with E-state index in [4.69, 9.17) is 4.74 Å². The number of likely N-dealkylation sites (tertiary alicyclic amines) is 1. The number of piperidine rings is 1. The second-order valence-corrected chi connectivity index (χ2v) is 8.03. The maximum Gasteiger partial charge on any atom is 0.354 e. The molecule has 154 valence electrons. The molecule has 4 rings (SSSR count). The molecule has 0 radical (unpaired) electrons. The average molecular weight is 396 g/mol. The van der Waals surface area contributed by atoms with Crippen molar-refractivity contribution >= 4 is 17.6 Å². The maximum atomic E-state index is 13.4. The van der Waals surface area contributed by atoms with E-state index in [1.165, 1.54) is 20.0 Å². The zero-order valence-electron chi connectivity index (χ0n) is 17.3. The molecule has 0 spiro atoms. The molecule has 6 nitrogen and oxygen atoms in total. The van der Waals surface area contributed by atoms with Gasteiger partial charge in [-0.1, -0.05) is 11.6 Å². The van der Waals surface area contributed by atoms with E-state index >= 15 is 0 Å². The van der Waals surface area contributed by atoms with Crippen molar-refractivity contribution in [3.63, 3.8) is 0 Å². The fraction of sp³-hybridized carbons (Fsp3) is 0.478. The number of carbonyl (C=O) groups is 2. The van der Waals surface area contributed by atoms with Crippen molar-refractivity contribution < 1.29 is 14.3 Å². The zero-order chi connectivity index (χ0) is 20.4. The number of rotatable bonds is 4. The minimum atomic E-state index is -0.316. The first kappa shape index (κ1) is 19.6. The number of anilines is 1. The Kier molecular flexibility index (Phi) is 5.60. The Balaban J connectivity index is 1.48. The highest BCUT2D eigenvalue weighted by molar-refractivity contribution is 6.00. The number of aromatic nitrogens is 1. The summed E-state index contributed by atoms with van der Waals surface area (Å²) in [7, 11) is 1.40. The van der Waals surface area contributed by atoms with Gasteiger partial charge in [-0.05, 0) is 56.9 Å². The van der Waals surface area contributed by atoms with Crippen LogP contribution in [0.1, 0.15) is 58.1 Å². The Hall–Kier alpha value is -2.76. The Morgan fingerprint density at radius 3 is 2.45 bits per heavy atom. The Morgan fingerprint density at radius 1 is 1.03 bits per heavy atom. The van der Waals surface area contributed by atoms with Crippen LogP contribution in [0.3, 0.4) is 0 Å². The second-order valence-electron chi connectivity index (χ2n) is 8.03. The number of nitrogens with zero attached hydrogens (tertiary/aromatic N) is 3. The number of benzene rings is 1. The van der Waals surface area contributed by atoms with E-state index < -0.39 is 0 Å². The minimum Gasteiger partial charge on any atom is -0.464 e. The third-order valence-electron chi connectivity index (χ3n) is 6.15. The van der Waals surface area contributed by atoms with Gasteiger partial charge in [0.2, 0.25) is 0 Å². The van der Waals surface area contributed by atoms with Gasteiger partial charge < -0.3 is 19.1 Å². The number of methoxy groups -OCH3 is 1. The summed E-state index contributed by atoms with van der Waals surface area (Å²) in [5.74, 6) is -0.196. The summed E-state index contributed by atoms with van der Waals surface area (Å²) in [5, 5.41) is 0. The first-order chi connectivity index (χ1) is 14.1. The molecule has 0 saturated carbocycles. The predicted octanol–water partition coefficient (Wildman–Crippen LogP) is 3.66. The molecular formula is C23H29N3O3. The first-order valence-corrected chi connectivity index (χ1v) is 10.5. The molecule has 0 aliphatic carbocycles. The topological polar surface area (TPSA) is 54.8 Å². The molecule has 0 bridgehead atoms. The van der Waals surface area contributed by atoms with Gasteiger partial charge in [0.15, 0.2) is 0 Å². The third kappa shape index (κ3) is 3.88. The average Bonchev–Trinajstić information content (AvgIpc) is 3.45. The Labute approximate surface area is 172 Å². The molecule has 1 aromatic heterocycles. The number of esters is 1. The van der Waals surface area contributed by atoms with E-state index in [0.29, 0.717) is 18.8 Å². The molecule has 2 fully saturated rings. The smallest absolute Gasteiger partial charge is 0.354 e. The highest BCUT2D eigenvalue weighted by atomic mass is 16.5. The lowest BCUT2D eigenvalue weighted by Gasteiger charge is -2.34. The molecule has 1 amide bonds. The molecule has 3 heterocycles. The van der Waals surface area contributed by atoms with Gasteiger partial charge in [0.25, 0.3) is 5.91 Å². The molecule has 0 N–H and O–H groups in total. The largest absolute Gasteiger partial charge is 0.464 e. The van der Waals surface area contributed by atoms with Crippen LogP contribution in [0.15, 0.2) is 36.5 Å². The summed E-state index contributed by atoms with van der Waals surface area (Å²) >= 11 is 0. The summed E-state index contributed by atoms with van der Waals surface area (Å²) < 4.78 is 6.88. The Morgan fingerprint density at radius 2 is 1.76 bits per heavy atom. The van der Waals surface area contributed by atoms with Crippen LogP contribution in [0.25, 0.3) is 0 Å². The molecular weight excluding hydrogens is 366 g/mol. The van der Waals surface area contributed by atoms with Crippen LogP contribution >= 0.6 is 0 Å². The quantitative estimate of drug-likeness (QED) is 0.742. The van der Waals surface area contributed by atoms with Crippen molar-refractivity contribution in [1.82, 2.24) is 9.47 Å². The number of hydrogen-bond acceptors (Lipinski definition) is 4. The van der Waals surface area contributed by atoms with Crippen molar-refractivity contribution in [2.24, 2.45) is 0 Å². The summed E-state index contributed by atoms with van der Waals surface area (Å²) in [6.07, 6.45) is 5.96. The second kappa shape index (κ2) is 8.31. The van der Waals surface area contributed by atoms with Crippen molar-refractivity contribution in [3.8, 4) is 0 Å². The van der Waals surface area contributed by atoms with Crippen LogP contribution in [0, 0.1) is 6.92 Å². The zero-order valence-corrected chi connectivity index (χ0v) is 17.3. The van der Waals surface area contributed by atoms with Gasteiger partial charge in [-0.3, -0.25) is 4.79 Å². The predicted molar refractivity (Wildman–Crippen MR) is 113 cm³/mol. The number of carbonyl (C=O) groups excluding carboxylic acids is 2. The summed E-state index contributed by atoms with van der Waals surface area (Å²) in [6, 6.07) is 10.1. The van der Waals surface area contributed by atoms with Crippen LogP contribution in [0.5, 0.6) is 0 Å². The molecule has 29 heavy (non-hydrogen) atoms. The van der Waals surface area contributed by atoms with Crippen LogP contribution < -0.4 is 4.90 Å². The number of hydrogen-bond donors (Lipinski definition) is 0. The third-order valence-corrected chi connectivity index (χ3v) is 6.15. The van der Waals surface area contributed by atoms with Crippen LogP contribution in [0.4, 0.5) is 5.69 Å². The minimum absolute atomic E-state index is 0.120. The Bertz CT molecular complexity index is 891. The van der Waals surface area contributed by atoms with E-state index in [1.807, 2.05) is 34.7 Å². The molecule has 2 saturated heterocycles. The van der Waals surface area contributed by atoms with Crippen molar-refractivity contribution in [2.75, 3.05) is 38.2 Å². The lowest BCUT2D eigenvalue weighted by molar-refractivity contribution is 0.0573. The highest BCUT2D eigenvalue weighted by Crippen LogP contribution is 2.30. The SMILES string of the molecule is COC(=O)c1cccn1C1CCN(C(=O)c2cc(C)ccc2N2CCCC2)CC1. The van der Waals surface area contributed by atoms with Gasteiger partial charge >= 0.3 is 5.97 Å². The molecule has 2 aliphatic rings. The van der Waals surface area contributed by atoms with E-state index in [0.717, 1.165) is 42.7 Å². The van der Waals surface area contributed by atoms with Gasteiger partial charge in [-0.15, -0.1) is 0 Å². The van der Waals surface area contributed by atoms with Crippen LogP contribution in [0.2, 0.25) is 0 Å². The van der Waals surface area contributed by atoms with Gasteiger partial charge in [-0.25, -0.2) is 4.79 Å². The fourth-order valence-electron chi connectivity index (χ4n) is 4.56. The lowest BCUT2D eigenvalue weighted by Crippen LogP contribution is -2.40. The van der Waals surface area contributed by atoms with Crippen LogP contribution in [-0.4, -0.2) is 54.6 Å². The number of ether oxygens (including phenoxy) is 1. The molecule has 2 aromatic rings. The molecule has 0 unspecified atom stereocenters. The molecule has 0 atom stereocenters. The van der Waals surface area contributed by atoms with Gasteiger partial charge in [-0.2, -0.15) is 0 Å². The number of aryl methyl sites for hydroxylation is 1. The number of amides is 1. The standard InChI is InChI=1S/C23H29N3O3/c1-17-7-8-20(24-11-3-4-12-24)19(16-17)22(27)25-14-9-18(10-15-25)26-13-5-6-21(26)23(28)29-2/h5-8,13,16,18H,3-4,9-12,14-15H2,1-2H3. The maximum absolute atomic E-state index is 13.4. The molecule has 6 heteroatoms. The van der Waals surface area contributed by atoms with Crippen molar-refractivity contribution in [1.29, 1.82) is 0 Å². The van der Waals surface area contributed by atoms with Gasteiger partial charge in [0.05, 0.1) is 12.7 Å². The highest BCUT2D eigenvalue weighted by Gasteiger charge is 2.29. The lowest BCUT2D eigenvalue weighted by atomic mass is 10.0. The van der Waals surface area contributed by atoms with E-state index in [-0.39, 0.29) is 17.9 Å². The van der Waals surface area contributed by atoms with E-state index in [1.54, 1.807) is 6.07 Å². The van der Waals surface area contributed by atoms with Gasteiger partial charge in [0.1, 0.15) is 5.69 Å². The first-order valence-electron chi connectivity index (χ1n) is 10.5. The van der Waals surface area contributed by atoms with E-state index in [2.05, 4.69) is 17.0 Å². The van der Waals surface area contributed by atoms with Crippen LogP contribution in [-0.2, 0) is 4.74 Å². The normalized spacial score (nSPS) is 17.6. The van der Waals surface area contributed by atoms with Gasteiger partial charge in [0, 0.05) is 44.1 Å². The molecule has 2 aliphatic heterocycles. The van der Waals surface area contributed by atoms with Crippen molar-refractivity contribution in [2.45, 2.75) is 38.6 Å². The monoisotopic (exact) mass is 395 g/mol. The summed E-state index contributed by atoms with van der Waals surface area (Å²) in [6.45, 7) is 5.47. The summed E-state index contributed by atoms with van der Waals surface area (Å²) in [4.78, 5) is 29.6. The van der Waals surface area contributed by atoms with Crippen molar-refractivity contribution in [3.05, 3.63) is 53.3 Å². The molecule has 1 aromatic carbocycles. The fourth-order valence-corrected chi connectivity index (χ4v) is 4.56. The summed E-state index contributed by atoms with van der Waals surface area (Å²) in [5.41, 5.74) is 3.58. The van der Waals surface area contributed by atoms with E-state index in [9.17, 15) is 9.59 Å².